The maximum absolute atomic E-state index is 4.79. The van der Waals surface area contributed by atoms with Crippen LogP contribution in [0.2, 0.25) is 0 Å². The van der Waals surface area contributed by atoms with Crippen LogP contribution in [-0.4, -0.2) is 16.0 Å². The lowest BCUT2D eigenvalue weighted by Gasteiger charge is -2.23. The van der Waals surface area contributed by atoms with Gasteiger partial charge in [-0.2, -0.15) is 4.98 Å². The largest absolute Gasteiger partial charge is 0.351 e. The molecule has 1 aromatic heterocycles. The third-order valence-corrected chi connectivity index (χ3v) is 5.06. The molecule has 4 nitrogen and oxygen atoms in total. The Hall–Kier alpha value is -2.88. The second kappa shape index (κ2) is 8.21. The highest BCUT2D eigenvalue weighted by Gasteiger charge is 2.15. The standard InChI is InChI=1S/C23H26N4/c1-17-12-14-20(15-13-17)24-22-16-21(18-8-4-2-5-9-18)26-23(27-22)25-19-10-6-3-7-11-19/h2,4-5,8-9,12-16,19H,3,6-7,10-11H2,1H3,(H2,24,25,26,27). The molecular formula is C23H26N4. The molecule has 1 aliphatic rings. The van der Waals surface area contributed by atoms with Crippen LogP contribution in [0, 0.1) is 6.92 Å². The van der Waals surface area contributed by atoms with Gasteiger partial charge >= 0.3 is 0 Å². The van der Waals surface area contributed by atoms with Gasteiger partial charge in [-0.3, -0.25) is 0 Å². The minimum atomic E-state index is 0.469. The number of rotatable bonds is 5. The van der Waals surface area contributed by atoms with Crippen molar-refractivity contribution in [1.29, 1.82) is 0 Å². The Balaban J connectivity index is 1.64. The van der Waals surface area contributed by atoms with Crippen LogP contribution in [-0.2, 0) is 0 Å². The molecule has 3 aromatic rings. The summed E-state index contributed by atoms with van der Waals surface area (Å²) < 4.78 is 0. The topological polar surface area (TPSA) is 49.8 Å². The Morgan fingerprint density at radius 3 is 2.33 bits per heavy atom. The van der Waals surface area contributed by atoms with Gasteiger partial charge in [0.25, 0.3) is 0 Å². The molecule has 27 heavy (non-hydrogen) atoms. The van der Waals surface area contributed by atoms with Crippen LogP contribution in [0.5, 0.6) is 0 Å². The average Bonchev–Trinajstić information content (AvgIpc) is 2.71. The first-order chi connectivity index (χ1) is 13.3. The summed E-state index contributed by atoms with van der Waals surface area (Å²) in [6.07, 6.45) is 6.29. The van der Waals surface area contributed by atoms with E-state index < -0.39 is 0 Å². The second-order valence-electron chi connectivity index (χ2n) is 7.30. The third-order valence-electron chi connectivity index (χ3n) is 5.06. The summed E-state index contributed by atoms with van der Waals surface area (Å²) >= 11 is 0. The Morgan fingerprint density at radius 2 is 1.59 bits per heavy atom. The van der Waals surface area contributed by atoms with Crippen molar-refractivity contribution in [3.8, 4) is 11.3 Å². The van der Waals surface area contributed by atoms with Crippen LogP contribution in [0.4, 0.5) is 17.5 Å². The fourth-order valence-corrected chi connectivity index (χ4v) is 3.55. The lowest BCUT2D eigenvalue weighted by molar-refractivity contribution is 0.461. The maximum Gasteiger partial charge on any atom is 0.225 e. The maximum atomic E-state index is 4.79. The van der Waals surface area contributed by atoms with Gasteiger partial charge in [0, 0.05) is 23.4 Å². The Morgan fingerprint density at radius 1 is 0.852 bits per heavy atom. The number of nitrogens with one attached hydrogen (secondary N) is 2. The van der Waals surface area contributed by atoms with Crippen LogP contribution >= 0.6 is 0 Å². The summed E-state index contributed by atoms with van der Waals surface area (Å²) in [4.78, 5) is 9.53. The molecule has 1 saturated carbocycles. The Bertz CT molecular complexity index is 869. The van der Waals surface area contributed by atoms with E-state index in [0.717, 1.165) is 22.8 Å². The van der Waals surface area contributed by atoms with Gasteiger partial charge in [0.1, 0.15) is 5.82 Å². The van der Waals surface area contributed by atoms with Crippen molar-refractivity contribution < 1.29 is 0 Å². The number of aromatic nitrogens is 2. The van der Waals surface area contributed by atoms with Crippen molar-refractivity contribution in [1.82, 2.24) is 9.97 Å². The van der Waals surface area contributed by atoms with Crippen molar-refractivity contribution in [3.63, 3.8) is 0 Å². The summed E-state index contributed by atoms with van der Waals surface area (Å²) in [5, 5.41) is 6.99. The lowest BCUT2D eigenvalue weighted by Crippen LogP contribution is -2.23. The molecule has 1 heterocycles. The zero-order valence-corrected chi connectivity index (χ0v) is 15.8. The van der Waals surface area contributed by atoms with Crippen molar-refractivity contribution in [3.05, 3.63) is 66.2 Å². The zero-order chi connectivity index (χ0) is 18.5. The van der Waals surface area contributed by atoms with E-state index in [1.54, 1.807) is 0 Å². The second-order valence-corrected chi connectivity index (χ2v) is 7.30. The minimum absolute atomic E-state index is 0.469. The van der Waals surface area contributed by atoms with Crippen LogP contribution in [0.1, 0.15) is 37.7 Å². The molecular weight excluding hydrogens is 332 g/mol. The summed E-state index contributed by atoms with van der Waals surface area (Å²) in [5.41, 5.74) is 4.30. The van der Waals surface area contributed by atoms with E-state index in [-0.39, 0.29) is 0 Å². The van der Waals surface area contributed by atoms with Gasteiger partial charge in [-0.1, -0.05) is 67.3 Å². The van der Waals surface area contributed by atoms with Crippen molar-refractivity contribution in [2.24, 2.45) is 0 Å². The fourth-order valence-electron chi connectivity index (χ4n) is 3.55. The number of nitrogens with zero attached hydrogens (tertiary/aromatic N) is 2. The molecule has 0 unspecified atom stereocenters. The van der Waals surface area contributed by atoms with E-state index in [2.05, 4.69) is 54.0 Å². The number of aryl methyl sites for hydroxylation is 1. The molecule has 0 radical (unpaired) electrons. The summed E-state index contributed by atoms with van der Waals surface area (Å²) in [6.45, 7) is 2.09. The highest BCUT2D eigenvalue weighted by atomic mass is 15.2. The van der Waals surface area contributed by atoms with Crippen LogP contribution in [0.25, 0.3) is 11.3 Å². The number of benzene rings is 2. The van der Waals surface area contributed by atoms with E-state index >= 15 is 0 Å². The molecule has 1 aliphatic carbocycles. The van der Waals surface area contributed by atoms with E-state index in [9.17, 15) is 0 Å². The predicted molar refractivity (Wildman–Crippen MR) is 112 cm³/mol. The molecule has 0 atom stereocenters. The van der Waals surface area contributed by atoms with Crippen molar-refractivity contribution in [2.45, 2.75) is 45.1 Å². The summed E-state index contributed by atoms with van der Waals surface area (Å²) in [5.74, 6) is 1.52. The molecule has 2 aromatic carbocycles. The van der Waals surface area contributed by atoms with E-state index in [1.807, 2.05) is 24.3 Å². The zero-order valence-electron chi connectivity index (χ0n) is 15.8. The molecule has 0 saturated heterocycles. The molecule has 4 heteroatoms. The van der Waals surface area contributed by atoms with E-state index in [1.165, 1.54) is 37.7 Å². The SMILES string of the molecule is Cc1ccc(Nc2cc(-c3ccccc3)nc(NC3CCCCC3)n2)cc1. The molecule has 0 amide bonds. The molecule has 2 N–H and O–H groups in total. The van der Waals surface area contributed by atoms with Gasteiger partial charge in [0.05, 0.1) is 5.69 Å². The van der Waals surface area contributed by atoms with Crippen LogP contribution in [0.15, 0.2) is 60.7 Å². The van der Waals surface area contributed by atoms with Gasteiger partial charge in [-0.15, -0.1) is 0 Å². The van der Waals surface area contributed by atoms with Crippen molar-refractivity contribution >= 4 is 17.5 Å². The first-order valence-corrected chi connectivity index (χ1v) is 9.81. The summed E-state index contributed by atoms with van der Waals surface area (Å²) in [6, 6.07) is 21.1. The van der Waals surface area contributed by atoms with Gasteiger partial charge in [0.15, 0.2) is 0 Å². The van der Waals surface area contributed by atoms with Crippen LogP contribution < -0.4 is 10.6 Å². The number of hydrogen-bond donors (Lipinski definition) is 2. The van der Waals surface area contributed by atoms with E-state index in [0.29, 0.717) is 12.0 Å². The monoisotopic (exact) mass is 358 g/mol. The Kier molecular flexibility index (Phi) is 5.33. The number of anilines is 3. The quantitative estimate of drug-likeness (QED) is 0.592. The number of hydrogen-bond acceptors (Lipinski definition) is 4. The molecule has 4 rings (SSSR count). The first-order valence-electron chi connectivity index (χ1n) is 9.81. The first kappa shape index (κ1) is 17.5. The lowest BCUT2D eigenvalue weighted by atomic mass is 9.96. The Labute approximate surface area is 161 Å². The van der Waals surface area contributed by atoms with Gasteiger partial charge in [-0.25, -0.2) is 4.98 Å². The fraction of sp³-hybridized carbons (Fsp3) is 0.304. The predicted octanol–water partition coefficient (Wildman–Crippen LogP) is 5.94. The van der Waals surface area contributed by atoms with E-state index in [4.69, 9.17) is 9.97 Å². The smallest absolute Gasteiger partial charge is 0.225 e. The molecule has 138 valence electrons. The van der Waals surface area contributed by atoms with Gasteiger partial charge in [-0.05, 0) is 31.9 Å². The molecule has 0 spiro atoms. The van der Waals surface area contributed by atoms with Crippen molar-refractivity contribution in [2.75, 3.05) is 10.6 Å². The van der Waals surface area contributed by atoms with Crippen LogP contribution in [0.3, 0.4) is 0 Å². The minimum Gasteiger partial charge on any atom is -0.351 e. The van der Waals surface area contributed by atoms with Gasteiger partial charge < -0.3 is 10.6 Å². The molecule has 0 bridgehead atoms. The average molecular weight is 358 g/mol. The third kappa shape index (κ3) is 4.64. The molecule has 0 aliphatic heterocycles. The van der Waals surface area contributed by atoms with Gasteiger partial charge in [0.2, 0.25) is 5.95 Å². The highest BCUT2D eigenvalue weighted by Crippen LogP contribution is 2.26. The normalized spacial score (nSPS) is 14.7. The summed E-state index contributed by atoms with van der Waals surface area (Å²) in [7, 11) is 0. The highest BCUT2D eigenvalue weighted by molar-refractivity contribution is 5.67. The molecule has 1 fully saturated rings.